The lowest BCUT2D eigenvalue weighted by molar-refractivity contribution is -0.255. The molecule has 126 valence electrons. The first-order chi connectivity index (χ1) is 11.4. The topological polar surface area (TPSA) is 73.8 Å². The molecule has 0 fully saturated rings. The van der Waals surface area contributed by atoms with Gasteiger partial charge in [0.2, 0.25) is 0 Å². The van der Waals surface area contributed by atoms with E-state index in [0.29, 0.717) is 11.3 Å². The normalized spacial score (nSPS) is 11.5. The highest BCUT2D eigenvalue weighted by molar-refractivity contribution is 6.33. The Morgan fingerprint density at radius 2 is 2.00 bits per heavy atom. The fraction of sp³-hybridized carbons (Fsp3) is 0.125. The third-order valence-corrected chi connectivity index (χ3v) is 3.37. The van der Waals surface area contributed by atoms with E-state index in [2.05, 4.69) is 15.3 Å². The number of alkyl halides is 2. The summed E-state index contributed by atoms with van der Waals surface area (Å²) in [6, 6.07) is 10.1. The summed E-state index contributed by atoms with van der Waals surface area (Å²) in [4.78, 5) is 10.9. The van der Waals surface area contributed by atoms with Gasteiger partial charge in [-0.15, -0.1) is 0 Å². The molecule has 0 aromatic heterocycles. The van der Waals surface area contributed by atoms with Crippen molar-refractivity contribution in [1.29, 1.82) is 0 Å². The van der Waals surface area contributed by atoms with Crippen molar-refractivity contribution in [3.8, 4) is 5.75 Å². The van der Waals surface area contributed by atoms with Crippen LogP contribution in [0.1, 0.15) is 22.8 Å². The molecule has 0 saturated heterocycles. The average molecular weight is 354 g/mol. The number of rotatable bonds is 6. The number of nitrogens with one attached hydrogen (secondary N) is 1. The molecule has 8 heteroatoms. The van der Waals surface area contributed by atoms with Gasteiger partial charge >= 0.3 is 6.61 Å². The van der Waals surface area contributed by atoms with Crippen LogP contribution in [-0.4, -0.2) is 18.3 Å². The maximum atomic E-state index is 12.4. The molecule has 0 unspecified atom stereocenters. The van der Waals surface area contributed by atoms with Gasteiger partial charge in [-0.2, -0.15) is 13.9 Å². The fourth-order valence-electron chi connectivity index (χ4n) is 1.91. The van der Waals surface area contributed by atoms with E-state index in [4.69, 9.17) is 11.6 Å². The van der Waals surface area contributed by atoms with E-state index >= 15 is 0 Å². The Kier molecular flexibility index (Phi) is 5.70. The highest BCUT2D eigenvalue weighted by Crippen LogP contribution is 2.24. The van der Waals surface area contributed by atoms with E-state index in [1.54, 1.807) is 25.1 Å². The SMILES string of the molecule is C/C(=N/Nc1cc(C(=O)[O-])ccc1Cl)c1ccccc1OC(F)F. The van der Waals surface area contributed by atoms with Gasteiger partial charge in [0.1, 0.15) is 5.75 Å². The Labute approximate surface area is 141 Å². The second kappa shape index (κ2) is 7.74. The molecule has 0 amide bonds. The number of hydrazone groups is 1. The van der Waals surface area contributed by atoms with Crippen molar-refractivity contribution >= 4 is 29.0 Å². The average Bonchev–Trinajstić information content (AvgIpc) is 2.53. The van der Waals surface area contributed by atoms with Gasteiger partial charge in [-0.3, -0.25) is 5.43 Å². The summed E-state index contributed by atoms with van der Waals surface area (Å²) in [5, 5.41) is 15.1. The summed E-state index contributed by atoms with van der Waals surface area (Å²) in [6.45, 7) is -1.38. The Bertz CT molecular complexity index is 782. The van der Waals surface area contributed by atoms with E-state index in [1.165, 1.54) is 24.3 Å². The summed E-state index contributed by atoms with van der Waals surface area (Å²) >= 11 is 5.96. The van der Waals surface area contributed by atoms with Gasteiger partial charge < -0.3 is 14.6 Å². The largest absolute Gasteiger partial charge is 0.545 e. The summed E-state index contributed by atoms with van der Waals surface area (Å²) in [5.74, 6) is -1.38. The van der Waals surface area contributed by atoms with Crippen molar-refractivity contribution in [2.75, 3.05) is 5.43 Å². The number of aromatic carboxylic acids is 1. The number of nitrogens with zero attached hydrogens (tertiary/aromatic N) is 1. The van der Waals surface area contributed by atoms with Crippen molar-refractivity contribution in [3.05, 3.63) is 58.6 Å². The quantitative estimate of drug-likeness (QED) is 0.639. The van der Waals surface area contributed by atoms with Crippen LogP contribution in [0.3, 0.4) is 0 Å². The Balaban J connectivity index is 2.27. The number of anilines is 1. The number of carboxylic acids is 1. The zero-order chi connectivity index (χ0) is 17.7. The smallest absolute Gasteiger partial charge is 0.387 e. The number of hydrogen-bond acceptors (Lipinski definition) is 5. The summed E-state index contributed by atoms with van der Waals surface area (Å²) in [6.07, 6.45) is 0. The Hall–Kier alpha value is -2.67. The minimum Gasteiger partial charge on any atom is -0.545 e. The minimum absolute atomic E-state index is 0.0230. The van der Waals surface area contributed by atoms with Crippen LogP contribution in [0.15, 0.2) is 47.6 Å². The minimum atomic E-state index is -2.96. The highest BCUT2D eigenvalue weighted by atomic mass is 35.5. The van der Waals surface area contributed by atoms with E-state index in [-0.39, 0.29) is 22.0 Å². The molecule has 2 aromatic rings. The molecule has 0 radical (unpaired) electrons. The van der Waals surface area contributed by atoms with Crippen LogP contribution in [-0.2, 0) is 0 Å². The number of carboxylic acid groups (broad SMARTS) is 1. The van der Waals surface area contributed by atoms with Gasteiger partial charge in [-0.25, -0.2) is 0 Å². The molecule has 0 aliphatic carbocycles. The van der Waals surface area contributed by atoms with Crippen molar-refractivity contribution in [2.45, 2.75) is 13.5 Å². The second-order valence-electron chi connectivity index (χ2n) is 4.67. The number of ether oxygens (including phenoxy) is 1. The highest BCUT2D eigenvalue weighted by Gasteiger charge is 2.11. The van der Waals surface area contributed by atoms with Gasteiger partial charge in [0.15, 0.2) is 0 Å². The summed E-state index contributed by atoms with van der Waals surface area (Å²) < 4.78 is 29.3. The number of hydrogen-bond donors (Lipinski definition) is 1. The predicted molar refractivity (Wildman–Crippen MR) is 84.7 cm³/mol. The fourth-order valence-corrected chi connectivity index (χ4v) is 2.07. The van der Waals surface area contributed by atoms with Gasteiger partial charge in [0.05, 0.1) is 22.4 Å². The molecule has 5 nitrogen and oxygen atoms in total. The van der Waals surface area contributed by atoms with Crippen LogP contribution < -0.4 is 15.3 Å². The predicted octanol–water partition coefficient (Wildman–Crippen LogP) is 3.14. The third-order valence-electron chi connectivity index (χ3n) is 3.04. The molecule has 0 spiro atoms. The van der Waals surface area contributed by atoms with Crippen LogP contribution >= 0.6 is 11.6 Å². The van der Waals surface area contributed by atoms with Gasteiger partial charge in [0.25, 0.3) is 0 Å². The first kappa shape index (κ1) is 17.7. The van der Waals surface area contributed by atoms with Crippen LogP contribution in [0, 0.1) is 0 Å². The van der Waals surface area contributed by atoms with Crippen molar-refractivity contribution in [1.82, 2.24) is 0 Å². The van der Waals surface area contributed by atoms with E-state index in [9.17, 15) is 18.7 Å². The lowest BCUT2D eigenvalue weighted by atomic mass is 10.1. The zero-order valence-electron chi connectivity index (χ0n) is 12.4. The molecule has 0 atom stereocenters. The second-order valence-corrected chi connectivity index (χ2v) is 5.07. The van der Waals surface area contributed by atoms with E-state index < -0.39 is 12.6 Å². The summed E-state index contributed by atoms with van der Waals surface area (Å²) in [7, 11) is 0. The molecule has 0 heterocycles. The number of halogens is 3. The molecule has 24 heavy (non-hydrogen) atoms. The monoisotopic (exact) mass is 353 g/mol. The first-order valence-corrected chi connectivity index (χ1v) is 7.11. The number of para-hydroxylation sites is 1. The van der Waals surface area contributed by atoms with Crippen LogP contribution in [0.25, 0.3) is 0 Å². The van der Waals surface area contributed by atoms with E-state index in [1.807, 2.05) is 0 Å². The molecule has 1 N–H and O–H groups in total. The van der Waals surface area contributed by atoms with Crippen LogP contribution in [0.2, 0.25) is 5.02 Å². The van der Waals surface area contributed by atoms with Gasteiger partial charge in [0, 0.05) is 5.56 Å². The molecular formula is C16H12ClF2N2O3-. The van der Waals surface area contributed by atoms with Crippen LogP contribution in [0.5, 0.6) is 5.75 Å². The van der Waals surface area contributed by atoms with Gasteiger partial charge in [-0.1, -0.05) is 29.8 Å². The number of carbonyl (C=O) groups is 1. The molecular weight excluding hydrogens is 342 g/mol. The molecule has 0 bridgehead atoms. The molecule has 0 aliphatic heterocycles. The molecule has 0 saturated carbocycles. The summed E-state index contributed by atoms with van der Waals surface area (Å²) in [5.41, 5.74) is 3.48. The van der Waals surface area contributed by atoms with E-state index in [0.717, 1.165) is 0 Å². The molecule has 2 rings (SSSR count). The van der Waals surface area contributed by atoms with Crippen LogP contribution in [0.4, 0.5) is 14.5 Å². The molecule has 2 aromatic carbocycles. The Morgan fingerprint density at radius 3 is 2.67 bits per heavy atom. The lowest BCUT2D eigenvalue weighted by Crippen LogP contribution is -2.22. The van der Waals surface area contributed by atoms with Crippen molar-refractivity contribution < 1.29 is 23.4 Å². The number of benzene rings is 2. The van der Waals surface area contributed by atoms with Crippen molar-refractivity contribution in [3.63, 3.8) is 0 Å². The standard InChI is InChI=1S/C16H13ClF2N2O3/c1-9(11-4-2-3-5-14(11)24-16(18)19)20-21-13-8-10(15(22)23)6-7-12(13)17/h2-8,16,21H,1H3,(H,22,23)/p-1/b20-9-. The lowest BCUT2D eigenvalue weighted by Gasteiger charge is -2.11. The number of carbonyl (C=O) groups excluding carboxylic acids is 1. The Morgan fingerprint density at radius 1 is 1.29 bits per heavy atom. The van der Waals surface area contributed by atoms with Crippen molar-refractivity contribution in [2.24, 2.45) is 5.10 Å². The molecule has 0 aliphatic rings. The maximum absolute atomic E-state index is 12.4. The first-order valence-electron chi connectivity index (χ1n) is 6.74. The van der Waals surface area contributed by atoms with Gasteiger partial charge in [-0.05, 0) is 36.8 Å². The zero-order valence-corrected chi connectivity index (χ0v) is 13.2. The maximum Gasteiger partial charge on any atom is 0.387 e. The third kappa shape index (κ3) is 4.42.